The van der Waals surface area contributed by atoms with Gasteiger partial charge in [-0.1, -0.05) is 12.8 Å². The summed E-state index contributed by atoms with van der Waals surface area (Å²) in [6.07, 6.45) is 7.58. The molecule has 0 aliphatic carbocycles. The molecule has 3 aliphatic rings. The predicted molar refractivity (Wildman–Crippen MR) is 77.1 cm³/mol. The Hall–Kier alpha value is -0.130. The first-order valence-corrected chi connectivity index (χ1v) is 9.66. The van der Waals surface area contributed by atoms with Crippen LogP contribution in [0, 0.1) is 0 Å². The first kappa shape index (κ1) is 13.8. The van der Waals surface area contributed by atoms with Gasteiger partial charge in [0.25, 0.3) is 0 Å². The van der Waals surface area contributed by atoms with Gasteiger partial charge in [-0.25, -0.2) is 8.42 Å². The number of hydrogen-bond donors (Lipinski definition) is 0. The van der Waals surface area contributed by atoms with Crippen molar-refractivity contribution < 1.29 is 8.42 Å². The molecule has 2 atom stereocenters. The molecule has 0 bridgehead atoms. The minimum absolute atomic E-state index is 0.267. The van der Waals surface area contributed by atoms with Gasteiger partial charge in [0.1, 0.15) is 0 Å². The highest BCUT2D eigenvalue weighted by atomic mass is 32.2. The number of hydrogen-bond acceptors (Lipinski definition) is 4. The molecular weight excluding hydrogens is 260 g/mol. The van der Waals surface area contributed by atoms with E-state index in [0.29, 0.717) is 11.5 Å². The van der Waals surface area contributed by atoms with Crippen LogP contribution in [0.4, 0.5) is 0 Å². The smallest absolute Gasteiger partial charge is 0.153 e. The molecule has 3 saturated heterocycles. The number of piperidine rings is 2. The van der Waals surface area contributed by atoms with E-state index in [-0.39, 0.29) is 12.1 Å². The molecule has 0 aromatic heterocycles. The van der Waals surface area contributed by atoms with Gasteiger partial charge >= 0.3 is 0 Å². The third-order valence-electron chi connectivity index (χ3n) is 5.01. The zero-order chi connectivity index (χ0) is 13.3. The van der Waals surface area contributed by atoms with Gasteiger partial charge in [-0.15, -0.1) is 0 Å². The van der Waals surface area contributed by atoms with Crippen molar-refractivity contribution in [3.63, 3.8) is 0 Å². The lowest BCUT2D eigenvalue weighted by Gasteiger charge is -2.40. The molecule has 3 rings (SSSR count). The van der Waals surface area contributed by atoms with Crippen LogP contribution in [0.15, 0.2) is 0 Å². The van der Waals surface area contributed by atoms with E-state index in [1.165, 1.54) is 38.5 Å². The highest BCUT2D eigenvalue weighted by Gasteiger charge is 2.43. The van der Waals surface area contributed by atoms with Gasteiger partial charge in [0.15, 0.2) is 9.84 Å². The summed E-state index contributed by atoms with van der Waals surface area (Å²) in [5.41, 5.74) is 0. The van der Waals surface area contributed by atoms with E-state index in [1.54, 1.807) is 0 Å². The van der Waals surface area contributed by atoms with Gasteiger partial charge in [0, 0.05) is 12.1 Å². The number of nitrogens with zero attached hydrogens (tertiary/aromatic N) is 2. The third kappa shape index (κ3) is 3.14. The normalized spacial score (nSPS) is 37.5. The summed E-state index contributed by atoms with van der Waals surface area (Å²) in [5, 5.41) is 0. The monoisotopic (exact) mass is 286 g/mol. The van der Waals surface area contributed by atoms with Gasteiger partial charge in [-0.2, -0.15) is 0 Å². The van der Waals surface area contributed by atoms with Crippen LogP contribution < -0.4 is 0 Å². The second-order valence-electron chi connectivity index (χ2n) is 6.40. The van der Waals surface area contributed by atoms with Crippen LogP contribution in [-0.2, 0) is 9.84 Å². The maximum absolute atomic E-state index is 12.1. The Kier molecular flexibility index (Phi) is 4.15. The number of sulfone groups is 1. The minimum Gasteiger partial charge on any atom is -0.298 e. The van der Waals surface area contributed by atoms with E-state index in [1.807, 2.05) is 0 Å². The van der Waals surface area contributed by atoms with Crippen molar-refractivity contribution >= 4 is 9.84 Å². The van der Waals surface area contributed by atoms with E-state index in [9.17, 15) is 8.42 Å². The van der Waals surface area contributed by atoms with Crippen LogP contribution in [0.2, 0.25) is 0 Å². The SMILES string of the molecule is O=S1(=O)C[C@@H](N2CCCCC2)[C@@H](N2CCCCC2)C1. The van der Waals surface area contributed by atoms with Gasteiger partial charge in [-0.05, 0) is 51.9 Å². The average molecular weight is 286 g/mol. The summed E-state index contributed by atoms with van der Waals surface area (Å²) in [7, 11) is -2.83. The fourth-order valence-corrected chi connectivity index (χ4v) is 6.05. The van der Waals surface area contributed by atoms with Crippen LogP contribution in [-0.4, -0.2) is 68.0 Å². The topological polar surface area (TPSA) is 40.6 Å². The molecular formula is C14H26N2O2S. The number of rotatable bonds is 2. The third-order valence-corrected chi connectivity index (χ3v) is 6.71. The molecule has 4 nitrogen and oxygen atoms in total. The van der Waals surface area contributed by atoms with E-state index >= 15 is 0 Å². The van der Waals surface area contributed by atoms with Gasteiger partial charge < -0.3 is 0 Å². The first-order valence-electron chi connectivity index (χ1n) is 7.84. The Morgan fingerprint density at radius 2 is 1.00 bits per heavy atom. The summed E-state index contributed by atoms with van der Waals surface area (Å²) >= 11 is 0. The van der Waals surface area contributed by atoms with Crippen LogP contribution in [0.5, 0.6) is 0 Å². The molecule has 3 fully saturated rings. The molecule has 0 N–H and O–H groups in total. The minimum atomic E-state index is -2.83. The molecule has 0 unspecified atom stereocenters. The van der Waals surface area contributed by atoms with Crippen LogP contribution in [0.3, 0.4) is 0 Å². The van der Waals surface area contributed by atoms with E-state index in [4.69, 9.17) is 0 Å². The molecule has 0 amide bonds. The second kappa shape index (κ2) is 5.70. The Morgan fingerprint density at radius 3 is 1.37 bits per heavy atom. The molecule has 3 heterocycles. The molecule has 0 radical (unpaired) electrons. The molecule has 19 heavy (non-hydrogen) atoms. The Morgan fingerprint density at radius 1 is 0.632 bits per heavy atom. The molecule has 0 spiro atoms. The van der Waals surface area contributed by atoms with Gasteiger partial charge in [0.05, 0.1) is 11.5 Å². The Balaban J connectivity index is 1.74. The first-order chi connectivity index (χ1) is 9.16. The van der Waals surface area contributed by atoms with E-state index in [0.717, 1.165) is 26.2 Å². The van der Waals surface area contributed by atoms with Crippen molar-refractivity contribution in [2.45, 2.75) is 50.6 Å². The fraction of sp³-hybridized carbons (Fsp3) is 1.00. The van der Waals surface area contributed by atoms with Crippen molar-refractivity contribution in [2.24, 2.45) is 0 Å². The fourth-order valence-electron chi connectivity index (χ4n) is 4.01. The largest absolute Gasteiger partial charge is 0.298 e. The maximum Gasteiger partial charge on any atom is 0.153 e. The lowest BCUT2D eigenvalue weighted by atomic mass is 10.0. The standard InChI is InChI=1S/C14H26N2O2S/c17-19(18)11-13(15-7-3-1-4-8-15)14(12-19)16-9-5-2-6-10-16/h13-14H,1-12H2/t13-,14+. The summed E-state index contributed by atoms with van der Waals surface area (Å²) < 4.78 is 24.2. The summed E-state index contributed by atoms with van der Waals surface area (Å²) in [6.45, 7) is 4.41. The lowest BCUT2D eigenvalue weighted by molar-refractivity contribution is 0.0808. The van der Waals surface area contributed by atoms with Crippen LogP contribution in [0.25, 0.3) is 0 Å². The van der Waals surface area contributed by atoms with Crippen molar-refractivity contribution in [3.05, 3.63) is 0 Å². The summed E-state index contributed by atoms with van der Waals surface area (Å²) in [5.74, 6) is 0.794. The van der Waals surface area contributed by atoms with Crippen molar-refractivity contribution in [2.75, 3.05) is 37.7 Å². The summed E-state index contributed by atoms with van der Waals surface area (Å²) in [6, 6.07) is 0.534. The van der Waals surface area contributed by atoms with E-state index in [2.05, 4.69) is 9.80 Å². The highest BCUT2D eigenvalue weighted by molar-refractivity contribution is 7.91. The summed E-state index contributed by atoms with van der Waals surface area (Å²) in [4.78, 5) is 4.93. The quantitative estimate of drug-likeness (QED) is 0.763. The molecule has 0 saturated carbocycles. The van der Waals surface area contributed by atoms with Crippen molar-refractivity contribution in [1.29, 1.82) is 0 Å². The van der Waals surface area contributed by atoms with Gasteiger partial charge in [-0.3, -0.25) is 9.80 Å². The van der Waals surface area contributed by atoms with E-state index < -0.39 is 9.84 Å². The predicted octanol–water partition coefficient (Wildman–Crippen LogP) is 1.12. The molecule has 0 aromatic carbocycles. The van der Waals surface area contributed by atoms with Crippen molar-refractivity contribution in [3.8, 4) is 0 Å². The zero-order valence-electron chi connectivity index (χ0n) is 11.8. The number of likely N-dealkylation sites (tertiary alicyclic amines) is 2. The average Bonchev–Trinajstić information content (AvgIpc) is 2.77. The molecule has 0 aromatic rings. The van der Waals surface area contributed by atoms with Crippen LogP contribution in [0.1, 0.15) is 38.5 Å². The second-order valence-corrected chi connectivity index (χ2v) is 8.56. The van der Waals surface area contributed by atoms with Gasteiger partial charge in [0.2, 0.25) is 0 Å². The molecule has 3 aliphatic heterocycles. The highest BCUT2D eigenvalue weighted by Crippen LogP contribution is 2.27. The Labute approximate surface area is 117 Å². The molecule has 5 heteroatoms. The Bertz CT molecular complexity index is 366. The maximum atomic E-state index is 12.1. The lowest BCUT2D eigenvalue weighted by Crippen LogP contribution is -2.53. The molecule has 110 valence electrons. The zero-order valence-corrected chi connectivity index (χ0v) is 12.6. The van der Waals surface area contributed by atoms with Crippen LogP contribution >= 0.6 is 0 Å². The van der Waals surface area contributed by atoms with Crippen molar-refractivity contribution in [1.82, 2.24) is 9.80 Å².